The van der Waals surface area contributed by atoms with Gasteiger partial charge in [-0.25, -0.2) is 4.98 Å². The van der Waals surface area contributed by atoms with E-state index < -0.39 is 29.1 Å². The van der Waals surface area contributed by atoms with E-state index in [1.807, 2.05) is 57.5 Å². The monoisotopic (exact) mass is 521 g/mol. The molecule has 1 fully saturated rings. The Morgan fingerprint density at radius 1 is 1.32 bits per heavy atom. The minimum Gasteiger partial charge on any atom is -0.391 e. The summed E-state index contributed by atoms with van der Waals surface area (Å²) < 4.78 is 0. The van der Waals surface area contributed by atoms with Crippen molar-refractivity contribution in [1.82, 2.24) is 20.5 Å². The molecule has 1 aromatic carbocycles. The minimum absolute atomic E-state index is 0.104. The van der Waals surface area contributed by atoms with Crippen LogP contribution >= 0.6 is 11.3 Å². The molecular weight excluding hydrogens is 488 g/mol. The zero-order valence-electron chi connectivity index (χ0n) is 22.2. The van der Waals surface area contributed by atoms with Crippen LogP contribution < -0.4 is 10.6 Å². The summed E-state index contributed by atoms with van der Waals surface area (Å²) >= 11 is 1.57. The van der Waals surface area contributed by atoms with E-state index in [0.29, 0.717) is 5.84 Å². The van der Waals surface area contributed by atoms with Crippen LogP contribution in [0.5, 0.6) is 0 Å². The highest BCUT2D eigenvalue weighted by Crippen LogP contribution is 2.34. The van der Waals surface area contributed by atoms with Crippen LogP contribution in [0.1, 0.15) is 45.4 Å². The SMILES string of the molecule is BBC(=O)NC(C(=O)N1CC(O)CC1C1=NC(=O)C(C)(c2ccc(-c3scnc3C)cc2)N1)C(C)(C)C. The molecular formula is C25H33B2N5O4S. The van der Waals surface area contributed by atoms with E-state index in [2.05, 4.69) is 20.6 Å². The first kappa shape index (κ1) is 27.1. The fourth-order valence-corrected chi connectivity index (χ4v) is 5.65. The van der Waals surface area contributed by atoms with Crippen molar-refractivity contribution in [2.24, 2.45) is 10.4 Å². The van der Waals surface area contributed by atoms with E-state index in [0.717, 1.165) is 21.7 Å². The molecule has 0 radical (unpaired) electrons. The van der Waals surface area contributed by atoms with Gasteiger partial charge in [-0.2, -0.15) is 4.99 Å². The zero-order valence-corrected chi connectivity index (χ0v) is 23.0. The Bertz CT molecular complexity index is 1240. The van der Waals surface area contributed by atoms with E-state index in [1.54, 1.807) is 26.0 Å². The maximum atomic E-state index is 13.7. The highest BCUT2D eigenvalue weighted by Gasteiger charge is 2.49. The van der Waals surface area contributed by atoms with Gasteiger partial charge in [-0.05, 0) is 30.4 Å². The number of aliphatic hydroxyl groups excluding tert-OH is 1. The van der Waals surface area contributed by atoms with Gasteiger partial charge in [0.1, 0.15) is 17.4 Å². The molecule has 0 saturated carbocycles. The van der Waals surface area contributed by atoms with E-state index in [1.165, 1.54) is 4.90 Å². The molecule has 0 bridgehead atoms. The smallest absolute Gasteiger partial charge is 0.277 e. The first-order valence-corrected chi connectivity index (χ1v) is 13.4. The molecule has 3 N–H and O–H groups in total. The van der Waals surface area contributed by atoms with Crippen molar-refractivity contribution in [2.45, 2.75) is 64.8 Å². The summed E-state index contributed by atoms with van der Waals surface area (Å²) in [6.07, 6.45) is -0.506. The number of nitrogens with zero attached hydrogens (tertiary/aromatic N) is 3. The number of amides is 3. The molecule has 0 aliphatic carbocycles. The molecule has 1 saturated heterocycles. The first-order valence-electron chi connectivity index (χ1n) is 12.5. The Morgan fingerprint density at radius 3 is 2.57 bits per heavy atom. The predicted molar refractivity (Wildman–Crippen MR) is 149 cm³/mol. The van der Waals surface area contributed by atoms with Crippen molar-refractivity contribution < 1.29 is 19.5 Å². The van der Waals surface area contributed by atoms with Crippen LogP contribution in [0.3, 0.4) is 0 Å². The average molecular weight is 521 g/mol. The van der Waals surface area contributed by atoms with Crippen LogP contribution in [0.15, 0.2) is 34.8 Å². The second-order valence-corrected chi connectivity index (χ2v) is 11.9. The number of rotatable bonds is 6. The highest BCUT2D eigenvalue weighted by molar-refractivity contribution is 7.13. The number of aliphatic imine (C=N–C) groups is 1. The quantitative estimate of drug-likeness (QED) is 0.487. The lowest BCUT2D eigenvalue weighted by molar-refractivity contribution is -0.136. The summed E-state index contributed by atoms with van der Waals surface area (Å²) in [5.41, 5.74) is 2.89. The second-order valence-electron chi connectivity index (χ2n) is 11.0. The zero-order chi connectivity index (χ0) is 27.1. The number of nitrogens with one attached hydrogen (secondary N) is 2. The number of aliphatic hydroxyl groups is 1. The molecule has 12 heteroatoms. The van der Waals surface area contributed by atoms with Gasteiger partial charge in [0, 0.05) is 13.0 Å². The standard InChI is InChI=1S/C25H33B2N5O4S/c1-13-18(37-12-28-13)14-6-8-15(9-7-14)25(5)22(35)30-20(31-25)17-10-16(33)11-32(17)21(34)19(24(2,3)4)29-23(36)27-26/h6-9,12,16-17,19,27,33H,10-11,26H2,1-5H3,(H,29,36)(H,30,31,35). The number of thiazole rings is 1. The van der Waals surface area contributed by atoms with E-state index in [-0.39, 0.29) is 37.8 Å². The van der Waals surface area contributed by atoms with E-state index >= 15 is 0 Å². The van der Waals surface area contributed by atoms with Crippen molar-refractivity contribution in [3.8, 4) is 10.4 Å². The van der Waals surface area contributed by atoms with Gasteiger partial charge in [0.25, 0.3) is 5.91 Å². The number of β-amino-alcohol motifs (C(OH)–C–C–N with tert-alkyl or cyclic N) is 1. The maximum absolute atomic E-state index is 13.7. The normalized spacial score (nSPS) is 24.4. The molecule has 2 aliphatic rings. The van der Waals surface area contributed by atoms with E-state index in [4.69, 9.17) is 0 Å². The third-order valence-corrected chi connectivity index (χ3v) is 8.09. The van der Waals surface area contributed by atoms with Crippen LogP contribution in [-0.2, 0) is 15.1 Å². The molecule has 4 atom stereocenters. The lowest BCUT2D eigenvalue weighted by atomic mass is 9.55. The molecule has 1 aromatic heterocycles. The van der Waals surface area contributed by atoms with Gasteiger partial charge < -0.3 is 20.6 Å². The number of aryl methyl sites for hydroxylation is 1. The van der Waals surface area contributed by atoms with Gasteiger partial charge in [-0.3, -0.25) is 14.4 Å². The molecule has 0 spiro atoms. The second kappa shape index (κ2) is 10.1. The van der Waals surface area contributed by atoms with Crippen LogP contribution in [0.25, 0.3) is 10.4 Å². The van der Waals surface area contributed by atoms with Gasteiger partial charge in [-0.1, -0.05) is 45.0 Å². The topological polar surface area (TPSA) is 124 Å². The molecule has 9 nitrogen and oxygen atoms in total. The fraction of sp³-hybridized carbons (Fsp3) is 0.480. The summed E-state index contributed by atoms with van der Waals surface area (Å²) in [5, 5.41) is 16.6. The Kier molecular flexibility index (Phi) is 7.36. The van der Waals surface area contributed by atoms with Gasteiger partial charge in [-0.15, -0.1) is 11.3 Å². The minimum atomic E-state index is -1.10. The average Bonchev–Trinajstić information content (AvgIpc) is 3.53. The fourth-order valence-electron chi connectivity index (χ4n) is 4.84. The molecule has 2 aliphatic heterocycles. The lowest BCUT2D eigenvalue weighted by Crippen LogP contribution is -2.58. The van der Waals surface area contributed by atoms with Crippen molar-refractivity contribution in [3.05, 3.63) is 41.0 Å². The third kappa shape index (κ3) is 5.22. The summed E-state index contributed by atoms with van der Waals surface area (Å²) in [7, 11) is 1.99. The molecule has 3 heterocycles. The Balaban J connectivity index is 1.57. The van der Waals surface area contributed by atoms with Crippen LogP contribution in [0.2, 0.25) is 0 Å². The third-order valence-electron chi connectivity index (χ3n) is 7.11. The maximum Gasteiger partial charge on any atom is 0.277 e. The lowest BCUT2D eigenvalue weighted by Gasteiger charge is -2.36. The van der Waals surface area contributed by atoms with Gasteiger partial charge in [0.05, 0.1) is 36.0 Å². The molecule has 3 amide bonds. The van der Waals surface area contributed by atoms with Crippen molar-refractivity contribution in [3.63, 3.8) is 0 Å². The Morgan fingerprint density at radius 2 is 2.00 bits per heavy atom. The summed E-state index contributed by atoms with van der Waals surface area (Å²) in [5.74, 6) is -0.523. The first-order chi connectivity index (χ1) is 17.3. The van der Waals surface area contributed by atoms with Crippen molar-refractivity contribution >= 4 is 49.7 Å². The van der Waals surface area contributed by atoms with Crippen LogP contribution in [0.4, 0.5) is 4.79 Å². The predicted octanol–water partition coefficient (Wildman–Crippen LogP) is 0.933. The summed E-state index contributed by atoms with van der Waals surface area (Å²) in [6, 6.07) is 6.36. The number of carbonyl (C=O) groups is 3. The molecule has 37 heavy (non-hydrogen) atoms. The Hall–Kier alpha value is -2.98. The number of benzene rings is 1. The number of aromatic nitrogens is 1. The molecule has 194 valence electrons. The number of carbonyl (C=O) groups excluding carboxylic acids is 3. The van der Waals surface area contributed by atoms with E-state index in [9.17, 15) is 19.5 Å². The van der Waals surface area contributed by atoms with Gasteiger partial charge in [0.2, 0.25) is 5.91 Å². The van der Waals surface area contributed by atoms with Crippen LogP contribution in [0, 0.1) is 12.3 Å². The number of hydrogen-bond donors (Lipinski definition) is 3. The number of likely N-dealkylation sites (tertiary alicyclic amines) is 1. The molecule has 4 rings (SSSR count). The number of amidine groups is 1. The van der Waals surface area contributed by atoms with Gasteiger partial charge >= 0.3 is 0 Å². The van der Waals surface area contributed by atoms with Crippen molar-refractivity contribution in [2.75, 3.05) is 6.54 Å². The van der Waals surface area contributed by atoms with Crippen molar-refractivity contribution in [1.29, 1.82) is 0 Å². The van der Waals surface area contributed by atoms with Crippen LogP contribution in [-0.4, -0.2) is 78.1 Å². The summed E-state index contributed by atoms with van der Waals surface area (Å²) in [4.78, 5) is 50.3. The number of hydrogen-bond acceptors (Lipinski definition) is 7. The highest BCUT2D eigenvalue weighted by atomic mass is 32.1. The largest absolute Gasteiger partial charge is 0.391 e. The molecule has 4 unspecified atom stereocenters. The Labute approximate surface area is 222 Å². The van der Waals surface area contributed by atoms with Gasteiger partial charge in [0.15, 0.2) is 13.0 Å². The summed E-state index contributed by atoms with van der Waals surface area (Å²) in [6.45, 7) is 9.50. The molecule has 2 aromatic rings.